The van der Waals surface area contributed by atoms with E-state index in [2.05, 4.69) is 9.69 Å². The molecule has 3 aromatic rings. The third kappa shape index (κ3) is 6.14. The standard InChI is InChI=1S/C24H25ClFN5O3S/c1-24(2,3)29-22(33)19(13-8-10-15(26)11-9-13)31(12-14-6-4-5-7-16(14)25)23(34)20-17(27)18(21(28)32)30-35-20/h4-11,19H,12,27H2,1-3H3,(H2,28,32)(H,29,33)/t19-/m1/s1. The average Bonchev–Trinajstić information content (AvgIpc) is 3.15. The topological polar surface area (TPSA) is 131 Å². The molecular weight excluding hydrogens is 493 g/mol. The lowest BCUT2D eigenvalue weighted by molar-refractivity contribution is -0.127. The second-order valence-corrected chi connectivity index (χ2v) is 10.0. The molecule has 5 N–H and O–H groups in total. The second kappa shape index (κ2) is 10.4. The van der Waals surface area contributed by atoms with Gasteiger partial charge in [0.1, 0.15) is 16.7 Å². The maximum atomic E-state index is 13.8. The summed E-state index contributed by atoms with van der Waals surface area (Å²) in [5.41, 5.74) is 11.2. The molecule has 8 nitrogen and oxygen atoms in total. The number of primary amides is 1. The molecule has 0 spiro atoms. The van der Waals surface area contributed by atoms with E-state index in [1.807, 2.05) is 0 Å². The number of aromatic nitrogens is 1. The van der Waals surface area contributed by atoms with Crippen molar-refractivity contribution < 1.29 is 18.8 Å². The number of amides is 3. The highest BCUT2D eigenvalue weighted by molar-refractivity contribution is 7.09. The predicted molar refractivity (Wildman–Crippen MR) is 133 cm³/mol. The van der Waals surface area contributed by atoms with Crippen LogP contribution in [0.2, 0.25) is 5.02 Å². The van der Waals surface area contributed by atoms with Crippen LogP contribution in [-0.2, 0) is 11.3 Å². The van der Waals surface area contributed by atoms with Crippen LogP contribution in [-0.4, -0.2) is 32.5 Å². The zero-order valence-corrected chi connectivity index (χ0v) is 20.9. The lowest BCUT2D eigenvalue weighted by Gasteiger charge is -2.34. The molecule has 3 rings (SSSR count). The fourth-order valence-electron chi connectivity index (χ4n) is 3.41. The quantitative estimate of drug-likeness (QED) is 0.437. The van der Waals surface area contributed by atoms with Crippen LogP contribution in [0.4, 0.5) is 10.1 Å². The Morgan fingerprint density at radius 3 is 2.31 bits per heavy atom. The van der Waals surface area contributed by atoms with Gasteiger partial charge in [-0.25, -0.2) is 4.39 Å². The molecule has 0 bridgehead atoms. The van der Waals surface area contributed by atoms with Crippen LogP contribution in [0.1, 0.15) is 58.1 Å². The van der Waals surface area contributed by atoms with Crippen LogP contribution in [0.5, 0.6) is 0 Å². The van der Waals surface area contributed by atoms with Gasteiger partial charge in [0.25, 0.3) is 11.8 Å². The van der Waals surface area contributed by atoms with Gasteiger partial charge in [0.2, 0.25) is 5.91 Å². The first-order valence-corrected chi connectivity index (χ1v) is 11.7. The number of anilines is 1. The predicted octanol–water partition coefficient (Wildman–Crippen LogP) is 3.92. The Morgan fingerprint density at radius 1 is 1.14 bits per heavy atom. The van der Waals surface area contributed by atoms with Gasteiger partial charge in [0.15, 0.2) is 5.69 Å². The SMILES string of the molecule is CC(C)(C)NC(=O)[C@@H](c1ccc(F)cc1)N(Cc1ccccc1Cl)C(=O)c1snc(C(N)=O)c1N. The highest BCUT2D eigenvalue weighted by Crippen LogP contribution is 2.32. The third-order valence-corrected chi connectivity index (χ3v) is 6.18. The minimum absolute atomic E-state index is 0.0541. The van der Waals surface area contributed by atoms with Crippen molar-refractivity contribution in [3.63, 3.8) is 0 Å². The van der Waals surface area contributed by atoms with E-state index in [4.69, 9.17) is 23.1 Å². The van der Waals surface area contributed by atoms with Gasteiger partial charge in [-0.3, -0.25) is 14.4 Å². The number of carbonyl (C=O) groups excluding carboxylic acids is 3. The Hall–Kier alpha value is -3.50. The van der Waals surface area contributed by atoms with Gasteiger partial charge in [-0.15, -0.1) is 0 Å². The largest absolute Gasteiger partial charge is 0.395 e. The van der Waals surface area contributed by atoms with Gasteiger partial charge < -0.3 is 21.7 Å². The summed E-state index contributed by atoms with van der Waals surface area (Å²) in [4.78, 5) is 40.3. The Labute approximate surface area is 211 Å². The van der Waals surface area contributed by atoms with E-state index in [9.17, 15) is 18.8 Å². The number of hydrogen-bond acceptors (Lipinski definition) is 6. The van der Waals surface area contributed by atoms with Crippen molar-refractivity contribution in [1.29, 1.82) is 0 Å². The molecule has 35 heavy (non-hydrogen) atoms. The van der Waals surface area contributed by atoms with Crippen LogP contribution in [0, 0.1) is 5.82 Å². The minimum Gasteiger partial charge on any atom is -0.395 e. The normalized spacial score (nSPS) is 12.1. The summed E-state index contributed by atoms with van der Waals surface area (Å²) in [6.45, 7) is 5.31. The number of benzene rings is 2. The molecule has 184 valence electrons. The molecule has 0 aliphatic carbocycles. The smallest absolute Gasteiger partial charge is 0.270 e. The first kappa shape index (κ1) is 26.1. The summed E-state index contributed by atoms with van der Waals surface area (Å²) < 4.78 is 17.6. The van der Waals surface area contributed by atoms with Crippen LogP contribution in [0.15, 0.2) is 48.5 Å². The van der Waals surface area contributed by atoms with E-state index in [-0.39, 0.29) is 22.8 Å². The number of hydrogen-bond donors (Lipinski definition) is 3. The second-order valence-electron chi connectivity index (χ2n) is 8.86. The number of rotatable bonds is 7. The summed E-state index contributed by atoms with van der Waals surface area (Å²) in [7, 11) is 0. The lowest BCUT2D eigenvalue weighted by Crippen LogP contribution is -2.49. The highest BCUT2D eigenvalue weighted by Gasteiger charge is 2.36. The van der Waals surface area contributed by atoms with Gasteiger partial charge in [-0.1, -0.05) is 41.9 Å². The molecule has 0 aliphatic rings. The molecule has 0 aliphatic heterocycles. The Kier molecular flexibility index (Phi) is 7.76. The molecule has 0 saturated heterocycles. The minimum atomic E-state index is -1.18. The Balaban J connectivity index is 2.18. The van der Waals surface area contributed by atoms with Crippen molar-refractivity contribution in [1.82, 2.24) is 14.6 Å². The van der Waals surface area contributed by atoms with Crippen LogP contribution in [0.3, 0.4) is 0 Å². The molecule has 0 saturated carbocycles. The molecule has 1 heterocycles. The first-order chi connectivity index (χ1) is 16.4. The van der Waals surface area contributed by atoms with Gasteiger partial charge in [0.05, 0.1) is 5.69 Å². The average molecular weight is 518 g/mol. The van der Waals surface area contributed by atoms with E-state index in [1.165, 1.54) is 29.2 Å². The fraction of sp³-hybridized carbons (Fsp3) is 0.250. The summed E-state index contributed by atoms with van der Waals surface area (Å²) in [6.07, 6.45) is 0. The molecule has 0 fully saturated rings. The fourth-order valence-corrected chi connectivity index (χ4v) is 4.36. The highest BCUT2D eigenvalue weighted by atomic mass is 35.5. The third-order valence-electron chi connectivity index (χ3n) is 4.96. The van der Waals surface area contributed by atoms with Crippen molar-refractivity contribution >= 4 is 46.5 Å². The summed E-state index contributed by atoms with van der Waals surface area (Å²) in [6, 6.07) is 11.0. The first-order valence-electron chi connectivity index (χ1n) is 10.6. The summed E-state index contributed by atoms with van der Waals surface area (Å²) in [5, 5.41) is 3.26. The zero-order valence-electron chi connectivity index (χ0n) is 19.3. The van der Waals surface area contributed by atoms with Crippen molar-refractivity contribution in [2.45, 2.75) is 38.9 Å². The Morgan fingerprint density at radius 2 is 1.77 bits per heavy atom. The van der Waals surface area contributed by atoms with E-state index < -0.39 is 35.1 Å². The van der Waals surface area contributed by atoms with Gasteiger partial charge >= 0.3 is 0 Å². The molecule has 0 unspecified atom stereocenters. The number of halogens is 2. The monoisotopic (exact) mass is 517 g/mol. The molecule has 1 aromatic heterocycles. The maximum Gasteiger partial charge on any atom is 0.270 e. The van der Waals surface area contributed by atoms with Gasteiger partial charge in [0, 0.05) is 17.1 Å². The van der Waals surface area contributed by atoms with E-state index in [1.54, 1.807) is 45.0 Å². The molecule has 3 amide bonds. The molecule has 0 radical (unpaired) electrons. The summed E-state index contributed by atoms with van der Waals surface area (Å²) in [5.74, 6) is -2.53. The maximum absolute atomic E-state index is 13.8. The van der Waals surface area contributed by atoms with E-state index in [0.717, 1.165) is 0 Å². The number of nitrogens with two attached hydrogens (primary N) is 2. The zero-order chi connectivity index (χ0) is 25.9. The molecule has 2 aromatic carbocycles. The molecular formula is C24H25ClFN5O3S. The number of nitrogens with zero attached hydrogens (tertiary/aromatic N) is 2. The molecule has 11 heteroatoms. The van der Waals surface area contributed by atoms with E-state index >= 15 is 0 Å². The number of carbonyl (C=O) groups is 3. The summed E-state index contributed by atoms with van der Waals surface area (Å²) >= 11 is 7.07. The number of nitrogens with one attached hydrogen (secondary N) is 1. The van der Waals surface area contributed by atoms with Gasteiger partial charge in [-0.2, -0.15) is 4.37 Å². The van der Waals surface area contributed by atoms with Crippen molar-refractivity contribution in [3.8, 4) is 0 Å². The van der Waals surface area contributed by atoms with Crippen molar-refractivity contribution in [2.75, 3.05) is 5.73 Å². The number of nitrogen functional groups attached to an aromatic ring is 1. The Bertz CT molecular complexity index is 1260. The van der Waals surface area contributed by atoms with Crippen molar-refractivity contribution in [3.05, 3.63) is 81.1 Å². The van der Waals surface area contributed by atoms with Crippen LogP contribution >= 0.6 is 23.1 Å². The molecule has 1 atom stereocenters. The lowest BCUT2D eigenvalue weighted by atomic mass is 10.0. The van der Waals surface area contributed by atoms with Crippen LogP contribution < -0.4 is 16.8 Å². The van der Waals surface area contributed by atoms with Crippen molar-refractivity contribution in [2.24, 2.45) is 5.73 Å². The van der Waals surface area contributed by atoms with Crippen LogP contribution in [0.25, 0.3) is 0 Å². The van der Waals surface area contributed by atoms with E-state index in [0.29, 0.717) is 27.7 Å². The van der Waals surface area contributed by atoms with Gasteiger partial charge in [-0.05, 0) is 61.6 Å².